The van der Waals surface area contributed by atoms with Gasteiger partial charge in [0.25, 0.3) is 0 Å². The number of likely N-dealkylation sites (tertiary alicyclic amines) is 1. The van der Waals surface area contributed by atoms with Crippen LogP contribution in [0.5, 0.6) is 0 Å². The lowest BCUT2D eigenvalue weighted by molar-refractivity contribution is -0.159. The van der Waals surface area contributed by atoms with E-state index in [2.05, 4.69) is 34.9 Å². The van der Waals surface area contributed by atoms with Crippen molar-refractivity contribution in [3.63, 3.8) is 0 Å². The summed E-state index contributed by atoms with van der Waals surface area (Å²) < 4.78 is 42.0. The van der Waals surface area contributed by atoms with Crippen LogP contribution < -0.4 is 0 Å². The maximum absolute atomic E-state index is 12.6. The maximum Gasteiger partial charge on any atom is 0.471 e. The third-order valence-electron chi connectivity index (χ3n) is 4.51. The molecule has 0 saturated carbocycles. The highest BCUT2D eigenvalue weighted by Crippen LogP contribution is 2.30. The van der Waals surface area contributed by atoms with Gasteiger partial charge in [0.2, 0.25) is 5.82 Å². The topological polar surface area (TPSA) is 67.9 Å². The molecule has 6 nitrogen and oxygen atoms in total. The molecule has 1 unspecified atom stereocenters. The number of piperidine rings is 1. The highest BCUT2D eigenvalue weighted by atomic mass is 32.1. The fraction of sp³-hybridized carbons (Fsp3) is 0.412. The van der Waals surface area contributed by atoms with Crippen LogP contribution in [0, 0.1) is 0 Å². The summed E-state index contributed by atoms with van der Waals surface area (Å²) in [5.74, 6) is -1.19. The Balaban J connectivity index is 1.44. The van der Waals surface area contributed by atoms with E-state index >= 15 is 0 Å². The van der Waals surface area contributed by atoms with Gasteiger partial charge in [0.1, 0.15) is 0 Å². The standard InChI is InChI=1S/C17H16F3N5OS/c18-17(19,20)16-23-15(24-26-16)11-3-4-14(21-6-11)12-2-1-5-25(7-12)8-13-9-27-10-22-13/h3-4,6,9-10,12H,1-2,5,7-8H2. The number of aromatic nitrogens is 4. The first kappa shape index (κ1) is 18.1. The zero-order valence-electron chi connectivity index (χ0n) is 14.2. The molecule has 3 aromatic rings. The second-order valence-electron chi connectivity index (χ2n) is 6.45. The van der Waals surface area contributed by atoms with Crippen LogP contribution in [0.4, 0.5) is 13.2 Å². The van der Waals surface area contributed by atoms with Gasteiger partial charge in [0.15, 0.2) is 0 Å². The van der Waals surface area contributed by atoms with E-state index in [1.807, 2.05) is 11.6 Å². The van der Waals surface area contributed by atoms with Crippen molar-refractivity contribution in [2.45, 2.75) is 31.5 Å². The first-order valence-corrected chi connectivity index (χ1v) is 9.40. The second kappa shape index (κ2) is 7.35. The van der Waals surface area contributed by atoms with Crippen LogP contribution in [-0.4, -0.2) is 38.1 Å². The van der Waals surface area contributed by atoms with E-state index in [4.69, 9.17) is 0 Å². The Kier molecular flexibility index (Phi) is 4.92. The smallest absolute Gasteiger partial charge is 0.329 e. The van der Waals surface area contributed by atoms with Crippen molar-refractivity contribution < 1.29 is 17.7 Å². The number of thiazole rings is 1. The monoisotopic (exact) mass is 395 g/mol. The number of pyridine rings is 1. The van der Waals surface area contributed by atoms with E-state index in [-0.39, 0.29) is 11.7 Å². The molecule has 0 aromatic carbocycles. The quantitative estimate of drug-likeness (QED) is 0.666. The minimum Gasteiger partial charge on any atom is -0.329 e. The second-order valence-corrected chi connectivity index (χ2v) is 7.17. The van der Waals surface area contributed by atoms with Crippen molar-refractivity contribution in [1.29, 1.82) is 0 Å². The van der Waals surface area contributed by atoms with Gasteiger partial charge in [0.05, 0.1) is 11.2 Å². The molecule has 1 aliphatic rings. The van der Waals surface area contributed by atoms with Crippen LogP contribution in [-0.2, 0) is 12.7 Å². The van der Waals surface area contributed by atoms with E-state index in [0.29, 0.717) is 5.56 Å². The van der Waals surface area contributed by atoms with Crippen molar-refractivity contribution in [2.24, 2.45) is 0 Å². The van der Waals surface area contributed by atoms with Crippen molar-refractivity contribution >= 4 is 11.3 Å². The van der Waals surface area contributed by atoms with E-state index in [0.717, 1.165) is 43.9 Å². The Hall–Kier alpha value is -2.33. The van der Waals surface area contributed by atoms with Crippen molar-refractivity contribution in [1.82, 2.24) is 25.0 Å². The normalized spacial score (nSPS) is 18.7. The van der Waals surface area contributed by atoms with Gasteiger partial charge in [-0.05, 0) is 31.5 Å². The molecule has 0 radical (unpaired) electrons. The third-order valence-corrected chi connectivity index (χ3v) is 5.14. The SMILES string of the molecule is FC(F)(F)c1nc(-c2ccc(C3CCCN(Cc4cscn4)C3)nc2)no1. The van der Waals surface area contributed by atoms with Gasteiger partial charge in [-0.1, -0.05) is 5.16 Å². The Morgan fingerprint density at radius 3 is 2.81 bits per heavy atom. The van der Waals surface area contributed by atoms with Gasteiger partial charge >= 0.3 is 12.1 Å². The number of hydrogen-bond acceptors (Lipinski definition) is 7. The molecule has 0 aliphatic carbocycles. The molecule has 142 valence electrons. The van der Waals surface area contributed by atoms with Crippen LogP contribution in [0.2, 0.25) is 0 Å². The average molecular weight is 395 g/mol. The summed E-state index contributed by atoms with van der Waals surface area (Å²) in [5, 5.41) is 5.44. The van der Waals surface area contributed by atoms with Crippen LogP contribution in [0.25, 0.3) is 11.4 Å². The highest BCUT2D eigenvalue weighted by molar-refractivity contribution is 7.07. The van der Waals surface area contributed by atoms with Gasteiger partial charge in [-0.15, -0.1) is 11.3 Å². The van der Waals surface area contributed by atoms with Crippen molar-refractivity contribution in [3.8, 4) is 11.4 Å². The lowest BCUT2D eigenvalue weighted by atomic mass is 9.94. The first-order valence-electron chi connectivity index (χ1n) is 8.45. The molecule has 0 amide bonds. The molecule has 1 aliphatic heterocycles. The van der Waals surface area contributed by atoms with Crippen molar-refractivity contribution in [3.05, 3.63) is 46.5 Å². The van der Waals surface area contributed by atoms with E-state index in [9.17, 15) is 13.2 Å². The molecule has 4 heterocycles. The molecule has 3 aromatic heterocycles. The fourth-order valence-corrected chi connectivity index (χ4v) is 3.77. The first-order chi connectivity index (χ1) is 13.0. The van der Waals surface area contributed by atoms with Gasteiger partial charge < -0.3 is 4.52 Å². The minimum atomic E-state index is -4.65. The summed E-state index contributed by atoms with van der Waals surface area (Å²) in [5.41, 5.74) is 4.22. The molecule has 1 atom stereocenters. The van der Waals surface area contributed by atoms with E-state index in [1.54, 1.807) is 17.4 Å². The summed E-state index contributed by atoms with van der Waals surface area (Å²) in [6.45, 7) is 2.72. The van der Waals surface area contributed by atoms with Crippen LogP contribution in [0.1, 0.15) is 36.0 Å². The molecule has 10 heteroatoms. The van der Waals surface area contributed by atoms with Gasteiger partial charge in [-0.25, -0.2) is 4.98 Å². The zero-order chi connectivity index (χ0) is 18.9. The predicted molar refractivity (Wildman–Crippen MR) is 91.9 cm³/mol. The van der Waals surface area contributed by atoms with E-state index < -0.39 is 12.1 Å². The van der Waals surface area contributed by atoms with Crippen LogP contribution >= 0.6 is 11.3 Å². The van der Waals surface area contributed by atoms with Gasteiger partial charge in [-0.3, -0.25) is 9.88 Å². The Morgan fingerprint density at radius 1 is 1.26 bits per heavy atom. The van der Waals surface area contributed by atoms with Gasteiger partial charge in [0, 0.05) is 41.8 Å². The number of alkyl halides is 3. The molecular weight excluding hydrogens is 379 g/mol. The maximum atomic E-state index is 12.6. The molecule has 27 heavy (non-hydrogen) atoms. The number of nitrogens with zero attached hydrogens (tertiary/aromatic N) is 5. The van der Waals surface area contributed by atoms with E-state index in [1.165, 1.54) is 6.20 Å². The summed E-state index contributed by atoms with van der Waals surface area (Å²) >= 11 is 1.59. The molecular formula is C17H16F3N5OS. The average Bonchev–Trinajstić information content (AvgIpc) is 3.34. The third kappa shape index (κ3) is 4.16. The summed E-state index contributed by atoms with van der Waals surface area (Å²) in [7, 11) is 0. The summed E-state index contributed by atoms with van der Waals surface area (Å²) in [6.07, 6.45) is -1.06. The zero-order valence-corrected chi connectivity index (χ0v) is 15.0. The number of hydrogen-bond donors (Lipinski definition) is 0. The predicted octanol–water partition coefficient (Wildman–Crippen LogP) is 3.99. The summed E-state index contributed by atoms with van der Waals surface area (Å²) in [4.78, 5) is 14.5. The van der Waals surface area contributed by atoms with Crippen LogP contribution in [0.15, 0.2) is 33.7 Å². The lowest BCUT2D eigenvalue weighted by Crippen LogP contribution is -2.34. The molecule has 0 spiro atoms. The molecule has 1 fully saturated rings. The fourth-order valence-electron chi connectivity index (χ4n) is 3.22. The number of halogens is 3. The lowest BCUT2D eigenvalue weighted by Gasteiger charge is -2.32. The number of rotatable bonds is 4. The molecule has 0 bridgehead atoms. The van der Waals surface area contributed by atoms with Crippen molar-refractivity contribution in [2.75, 3.05) is 13.1 Å². The Labute approximate surface area is 157 Å². The van der Waals surface area contributed by atoms with Gasteiger partial charge in [-0.2, -0.15) is 18.2 Å². The minimum absolute atomic E-state index is 0.116. The Morgan fingerprint density at radius 2 is 2.15 bits per heavy atom. The Bertz CT molecular complexity index is 879. The van der Waals surface area contributed by atoms with Crippen LogP contribution in [0.3, 0.4) is 0 Å². The molecule has 0 N–H and O–H groups in total. The molecule has 4 rings (SSSR count). The largest absolute Gasteiger partial charge is 0.471 e. The highest BCUT2D eigenvalue weighted by Gasteiger charge is 2.38. The summed E-state index contributed by atoms with van der Waals surface area (Å²) in [6, 6.07) is 3.52. The molecule has 1 saturated heterocycles.